The van der Waals surface area contributed by atoms with Gasteiger partial charge in [0, 0.05) is 17.5 Å². The molecule has 1 aliphatic rings. The molecule has 0 bridgehead atoms. The van der Waals surface area contributed by atoms with Gasteiger partial charge in [0.05, 0.1) is 11.1 Å². The average Bonchev–Trinajstić information content (AvgIpc) is 2.87. The van der Waals surface area contributed by atoms with Gasteiger partial charge in [-0.05, 0) is 36.8 Å². The maximum absolute atomic E-state index is 11.3. The molecule has 0 radical (unpaired) electrons. The Bertz CT molecular complexity index is 761. The molecule has 5 heteroatoms. The van der Waals surface area contributed by atoms with E-state index in [1.807, 2.05) is 6.92 Å². The van der Waals surface area contributed by atoms with Crippen molar-refractivity contribution in [3.05, 3.63) is 53.1 Å². The molecule has 112 valence electrons. The summed E-state index contributed by atoms with van der Waals surface area (Å²) in [7, 11) is 0. The van der Waals surface area contributed by atoms with Gasteiger partial charge in [-0.15, -0.1) is 0 Å². The van der Waals surface area contributed by atoms with E-state index in [4.69, 9.17) is 9.84 Å². The molecule has 2 N–H and O–H groups in total. The van der Waals surface area contributed by atoms with Crippen LogP contribution in [0.1, 0.15) is 33.2 Å². The molecule has 0 spiro atoms. The van der Waals surface area contributed by atoms with Gasteiger partial charge in [-0.3, -0.25) is 0 Å². The molecule has 0 saturated carbocycles. The van der Waals surface area contributed by atoms with Crippen molar-refractivity contribution in [1.82, 2.24) is 0 Å². The standard InChI is InChI=1S/C17H14O5/c1-9-8-14-13(17(20)21)7-6-12(15(14)22-9)10-2-4-11(5-3-10)16(18)19/h2-7,9H,8H2,1H3,(H,18,19)(H,20,21). The maximum atomic E-state index is 11.3. The highest BCUT2D eigenvalue weighted by Crippen LogP contribution is 2.40. The van der Waals surface area contributed by atoms with Gasteiger partial charge in [-0.1, -0.05) is 12.1 Å². The first-order chi connectivity index (χ1) is 10.5. The minimum Gasteiger partial charge on any atom is -0.489 e. The Labute approximate surface area is 126 Å². The monoisotopic (exact) mass is 298 g/mol. The SMILES string of the molecule is CC1Cc2c(C(=O)O)ccc(-c3ccc(C(=O)O)cc3)c2O1. The highest BCUT2D eigenvalue weighted by molar-refractivity contribution is 5.93. The first-order valence-electron chi connectivity index (χ1n) is 6.87. The first kappa shape index (κ1) is 14.1. The fourth-order valence-electron chi connectivity index (χ4n) is 2.72. The Morgan fingerprint density at radius 2 is 1.73 bits per heavy atom. The summed E-state index contributed by atoms with van der Waals surface area (Å²) < 4.78 is 5.78. The van der Waals surface area contributed by atoms with Crippen molar-refractivity contribution in [2.24, 2.45) is 0 Å². The molecule has 0 aliphatic carbocycles. The van der Waals surface area contributed by atoms with Crippen molar-refractivity contribution in [1.29, 1.82) is 0 Å². The second-order valence-corrected chi connectivity index (χ2v) is 5.29. The predicted molar refractivity (Wildman–Crippen MR) is 79.6 cm³/mol. The minimum absolute atomic E-state index is 0.0763. The number of hydrogen-bond acceptors (Lipinski definition) is 3. The number of rotatable bonds is 3. The highest BCUT2D eigenvalue weighted by atomic mass is 16.5. The van der Waals surface area contributed by atoms with Crippen LogP contribution in [0.25, 0.3) is 11.1 Å². The highest BCUT2D eigenvalue weighted by Gasteiger charge is 2.28. The van der Waals surface area contributed by atoms with Gasteiger partial charge in [-0.2, -0.15) is 0 Å². The molecule has 2 aromatic carbocycles. The summed E-state index contributed by atoms with van der Waals surface area (Å²) in [5.41, 5.74) is 2.73. The topological polar surface area (TPSA) is 83.8 Å². The molecular formula is C17H14O5. The largest absolute Gasteiger partial charge is 0.489 e. The van der Waals surface area contributed by atoms with Crippen LogP contribution in [-0.4, -0.2) is 28.3 Å². The van der Waals surface area contributed by atoms with Crippen LogP contribution in [0, 0.1) is 0 Å². The van der Waals surface area contributed by atoms with Crippen LogP contribution in [0.3, 0.4) is 0 Å². The number of benzene rings is 2. The fourth-order valence-corrected chi connectivity index (χ4v) is 2.72. The quantitative estimate of drug-likeness (QED) is 0.909. The van der Waals surface area contributed by atoms with E-state index in [1.54, 1.807) is 24.3 Å². The van der Waals surface area contributed by atoms with Gasteiger partial charge < -0.3 is 14.9 Å². The number of carbonyl (C=O) groups is 2. The van der Waals surface area contributed by atoms with Crippen LogP contribution in [0.2, 0.25) is 0 Å². The molecule has 1 heterocycles. The molecule has 22 heavy (non-hydrogen) atoms. The minimum atomic E-state index is -0.983. The lowest BCUT2D eigenvalue weighted by atomic mass is 9.96. The van der Waals surface area contributed by atoms with E-state index in [0.29, 0.717) is 17.7 Å². The van der Waals surface area contributed by atoms with Crippen molar-refractivity contribution in [2.45, 2.75) is 19.4 Å². The van der Waals surface area contributed by atoms with Crippen LogP contribution in [-0.2, 0) is 6.42 Å². The average molecular weight is 298 g/mol. The lowest BCUT2D eigenvalue weighted by Gasteiger charge is -2.11. The first-order valence-corrected chi connectivity index (χ1v) is 6.87. The fraction of sp³-hybridized carbons (Fsp3) is 0.176. The number of fused-ring (bicyclic) bond motifs is 1. The van der Waals surface area contributed by atoms with Crippen LogP contribution < -0.4 is 4.74 Å². The van der Waals surface area contributed by atoms with Crippen LogP contribution in [0.15, 0.2) is 36.4 Å². The Kier molecular flexibility index (Phi) is 3.33. The number of hydrogen-bond donors (Lipinski definition) is 2. The summed E-state index contributed by atoms with van der Waals surface area (Å²) in [6.07, 6.45) is 0.477. The zero-order chi connectivity index (χ0) is 15.9. The van der Waals surface area contributed by atoms with Crippen LogP contribution in [0.5, 0.6) is 5.75 Å². The van der Waals surface area contributed by atoms with Gasteiger partial charge in [0.1, 0.15) is 11.9 Å². The van der Waals surface area contributed by atoms with Crippen molar-refractivity contribution in [3.8, 4) is 16.9 Å². The summed E-state index contributed by atoms with van der Waals surface area (Å²) in [6.45, 7) is 1.89. The second kappa shape index (κ2) is 5.18. The second-order valence-electron chi connectivity index (χ2n) is 5.29. The maximum Gasteiger partial charge on any atom is 0.336 e. The molecule has 0 aromatic heterocycles. The molecule has 0 saturated heterocycles. The van der Waals surface area contributed by atoms with Gasteiger partial charge in [0.2, 0.25) is 0 Å². The van der Waals surface area contributed by atoms with Crippen molar-refractivity contribution in [3.63, 3.8) is 0 Å². The third kappa shape index (κ3) is 2.30. The number of ether oxygens (including phenoxy) is 1. The zero-order valence-corrected chi connectivity index (χ0v) is 11.9. The van der Waals surface area contributed by atoms with Gasteiger partial charge in [0.25, 0.3) is 0 Å². The molecular weight excluding hydrogens is 284 g/mol. The molecule has 0 fully saturated rings. The van der Waals surface area contributed by atoms with E-state index in [0.717, 1.165) is 11.1 Å². The Morgan fingerprint density at radius 3 is 2.32 bits per heavy atom. The van der Waals surface area contributed by atoms with Crippen LogP contribution in [0.4, 0.5) is 0 Å². The van der Waals surface area contributed by atoms with Crippen molar-refractivity contribution in [2.75, 3.05) is 0 Å². The van der Waals surface area contributed by atoms with Gasteiger partial charge in [0.15, 0.2) is 0 Å². The summed E-state index contributed by atoms with van der Waals surface area (Å²) in [6, 6.07) is 9.72. The lowest BCUT2D eigenvalue weighted by Crippen LogP contribution is -2.06. The molecule has 2 aromatic rings. The summed E-state index contributed by atoms with van der Waals surface area (Å²) in [4.78, 5) is 22.2. The van der Waals surface area contributed by atoms with Gasteiger partial charge >= 0.3 is 11.9 Å². The zero-order valence-electron chi connectivity index (χ0n) is 11.9. The summed E-state index contributed by atoms with van der Waals surface area (Å²) in [5.74, 6) is -1.37. The van der Waals surface area contributed by atoms with E-state index in [-0.39, 0.29) is 17.2 Å². The molecule has 3 rings (SSSR count). The smallest absolute Gasteiger partial charge is 0.336 e. The molecule has 1 unspecified atom stereocenters. The Morgan fingerprint density at radius 1 is 1.05 bits per heavy atom. The number of aromatic carboxylic acids is 2. The van der Waals surface area contributed by atoms with E-state index in [9.17, 15) is 14.7 Å². The molecule has 1 atom stereocenters. The summed E-state index contributed by atoms with van der Waals surface area (Å²) >= 11 is 0. The molecule has 1 aliphatic heterocycles. The van der Waals surface area contributed by atoms with Crippen molar-refractivity contribution < 1.29 is 24.5 Å². The number of carboxylic acid groups (broad SMARTS) is 2. The van der Waals surface area contributed by atoms with E-state index >= 15 is 0 Å². The lowest BCUT2D eigenvalue weighted by molar-refractivity contribution is 0.0685. The summed E-state index contributed by atoms with van der Waals surface area (Å²) in [5, 5.41) is 18.2. The third-order valence-corrected chi connectivity index (χ3v) is 3.74. The third-order valence-electron chi connectivity index (χ3n) is 3.74. The van der Waals surface area contributed by atoms with Crippen molar-refractivity contribution >= 4 is 11.9 Å². The molecule has 5 nitrogen and oxygen atoms in total. The van der Waals surface area contributed by atoms with Gasteiger partial charge in [-0.25, -0.2) is 9.59 Å². The predicted octanol–water partition coefficient (Wildman–Crippen LogP) is 3.07. The number of carboxylic acids is 2. The molecule has 0 amide bonds. The van der Waals surface area contributed by atoms with E-state index in [2.05, 4.69) is 0 Å². The van der Waals surface area contributed by atoms with E-state index in [1.165, 1.54) is 12.1 Å². The Balaban J connectivity index is 2.11. The van der Waals surface area contributed by atoms with Crippen LogP contribution >= 0.6 is 0 Å². The normalized spacial score (nSPS) is 16.0. The van der Waals surface area contributed by atoms with E-state index < -0.39 is 11.9 Å². The Hall–Kier alpha value is -2.82.